The van der Waals surface area contributed by atoms with E-state index >= 15 is 0 Å². The van der Waals surface area contributed by atoms with Crippen LogP contribution in [0.2, 0.25) is 0 Å². The second-order valence-electron chi connectivity index (χ2n) is 4.67. The molecule has 0 radical (unpaired) electrons. The van der Waals surface area contributed by atoms with Gasteiger partial charge < -0.3 is 5.11 Å². The molecule has 2 heteroatoms. The molecule has 0 atom stereocenters. The average Bonchev–Trinajstić information content (AvgIpc) is 2.34. The van der Waals surface area contributed by atoms with Crippen LogP contribution in [0.5, 0.6) is 0 Å². The summed E-state index contributed by atoms with van der Waals surface area (Å²) in [5.41, 5.74) is 0. The zero-order valence-electron chi connectivity index (χ0n) is 11.7. The van der Waals surface area contributed by atoms with Crippen molar-refractivity contribution < 1.29 is 9.90 Å². The van der Waals surface area contributed by atoms with Gasteiger partial charge in [-0.15, -0.1) is 0 Å². The highest BCUT2D eigenvalue weighted by Crippen LogP contribution is 2.09. The summed E-state index contributed by atoms with van der Waals surface area (Å²) in [4.78, 5) is 10.3. The smallest absolute Gasteiger partial charge is 0.303 e. The molecule has 0 aliphatic rings. The Bertz CT molecular complexity index is 241. The highest BCUT2D eigenvalue weighted by molar-refractivity contribution is 5.66. The summed E-state index contributed by atoms with van der Waals surface area (Å²) in [6, 6.07) is 0. The third kappa shape index (κ3) is 14.9. The van der Waals surface area contributed by atoms with Crippen LogP contribution in [0.25, 0.3) is 0 Å². The van der Waals surface area contributed by atoms with Gasteiger partial charge in [0.25, 0.3) is 0 Å². The number of unbranched alkanes of at least 4 members (excludes halogenated alkanes) is 7. The summed E-state index contributed by atoms with van der Waals surface area (Å²) in [6.07, 6.45) is 19.4. The summed E-state index contributed by atoms with van der Waals surface area (Å²) in [6.45, 7) is 2.14. The quantitative estimate of drug-likeness (QED) is 0.387. The summed E-state index contributed by atoms with van der Waals surface area (Å²) in [5.74, 6) is -0.668. The molecule has 0 aromatic carbocycles. The minimum absolute atomic E-state index is 0.329. The van der Waals surface area contributed by atoms with E-state index in [4.69, 9.17) is 5.11 Å². The molecule has 0 bridgehead atoms. The first-order valence-electron chi connectivity index (χ1n) is 7.30. The molecule has 18 heavy (non-hydrogen) atoms. The van der Waals surface area contributed by atoms with Crippen molar-refractivity contribution >= 4 is 5.97 Å². The minimum atomic E-state index is -0.668. The maximum Gasteiger partial charge on any atom is 0.303 e. The molecule has 0 amide bonds. The predicted octanol–water partition coefficient (Wildman–Crippen LogP) is 5.10. The van der Waals surface area contributed by atoms with Crippen LogP contribution in [0, 0.1) is 0 Å². The number of carboxylic acid groups (broad SMARTS) is 1. The highest BCUT2D eigenvalue weighted by Gasteiger charge is 1.96. The molecule has 1 N–H and O–H groups in total. The van der Waals surface area contributed by atoms with Crippen molar-refractivity contribution in [2.24, 2.45) is 0 Å². The molecule has 0 aliphatic heterocycles. The monoisotopic (exact) mass is 252 g/mol. The van der Waals surface area contributed by atoms with Gasteiger partial charge in [-0.2, -0.15) is 0 Å². The van der Waals surface area contributed by atoms with E-state index in [-0.39, 0.29) is 0 Å². The summed E-state index contributed by atoms with van der Waals surface area (Å²) in [7, 11) is 0. The zero-order valence-corrected chi connectivity index (χ0v) is 11.7. The van der Waals surface area contributed by atoms with E-state index in [0.717, 1.165) is 19.3 Å². The van der Waals surface area contributed by atoms with Crippen molar-refractivity contribution in [3.8, 4) is 0 Å². The van der Waals surface area contributed by atoms with Gasteiger partial charge in [0, 0.05) is 6.42 Å². The number of aliphatic carboxylic acids is 1. The molecule has 0 aliphatic carbocycles. The largest absolute Gasteiger partial charge is 0.481 e. The van der Waals surface area contributed by atoms with Crippen LogP contribution in [0.1, 0.15) is 71.1 Å². The summed E-state index contributed by atoms with van der Waals surface area (Å²) >= 11 is 0. The SMILES string of the molecule is CC/C=C\C=C/CCCCCCCCCC(=O)O. The average molecular weight is 252 g/mol. The lowest BCUT2D eigenvalue weighted by Crippen LogP contribution is -1.93. The van der Waals surface area contributed by atoms with Crippen LogP contribution in [-0.2, 0) is 4.79 Å². The van der Waals surface area contributed by atoms with Crippen molar-refractivity contribution in [2.45, 2.75) is 71.1 Å². The fourth-order valence-electron chi connectivity index (χ4n) is 1.81. The maximum atomic E-state index is 10.3. The molecular weight excluding hydrogens is 224 g/mol. The van der Waals surface area contributed by atoms with E-state index in [2.05, 4.69) is 31.2 Å². The minimum Gasteiger partial charge on any atom is -0.481 e. The highest BCUT2D eigenvalue weighted by atomic mass is 16.4. The normalized spacial score (nSPS) is 11.6. The Morgan fingerprint density at radius 1 is 0.889 bits per heavy atom. The van der Waals surface area contributed by atoms with Crippen molar-refractivity contribution in [1.29, 1.82) is 0 Å². The van der Waals surface area contributed by atoms with Crippen LogP contribution < -0.4 is 0 Å². The Morgan fingerprint density at radius 2 is 1.44 bits per heavy atom. The van der Waals surface area contributed by atoms with Gasteiger partial charge in [0.15, 0.2) is 0 Å². The number of rotatable bonds is 12. The second-order valence-corrected chi connectivity index (χ2v) is 4.67. The van der Waals surface area contributed by atoms with Crippen LogP contribution in [-0.4, -0.2) is 11.1 Å². The summed E-state index contributed by atoms with van der Waals surface area (Å²) < 4.78 is 0. The molecule has 0 aromatic heterocycles. The maximum absolute atomic E-state index is 10.3. The number of hydrogen-bond donors (Lipinski definition) is 1. The van der Waals surface area contributed by atoms with E-state index in [0.29, 0.717) is 6.42 Å². The topological polar surface area (TPSA) is 37.3 Å². The van der Waals surface area contributed by atoms with Gasteiger partial charge in [0.1, 0.15) is 0 Å². The molecule has 0 aromatic rings. The first-order chi connectivity index (χ1) is 8.77. The van der Waals surface area contributed by atoms with Crippen molar-refractivity contribution in [3.05, 3.63) is 24.3 Å². The molecule has 0 saturated heterocycles. The van der Waals surface area contributed by atoms with Crippen molar-refractivity contribution in [3.63, 3.8) is 0 Å². The van der Waals surface area contributed by atoms with Crippen LogP contribution in [0.3, 0.4) is 0 Å². The molecule has 2 nitrogen and oxygen atoms in total. The first-order valence-corrected chi connectivity index (χ1v) is 7.30. The fraction of sp³-hybridized carbons (Fsp3) is 0.688. The number of carbonyl (C=O) groups is 1. The van der Waals surface area contributed by atoms with E-state index in [9.17, 15) is 4.79 Å². The molecule has 0 rings (SSSR count). The lowest BCUT2D eigenvalue weighted by atomic mass is 10.1. The molecule has 0 fully saturated rings. The van der Waals surface area contributed by atoms with E-state index in [1.165, 1.54) is 38.5 Å². The van der Waals surface area contributed by atoms with Gasteiger partial charge in [-0.25, -0.2) is 0 Å². The molecule has 0 heterocycles. The van der Waals surface area contributed by atoms with Gasteiger partial charge >= 0.3 is 5.97 Å². The number of carboxylic acids is 1. The van der Waals surface area contributed by atoms with Crippen LogP contribution in [0.15, 0.2) is 24.3 Å². The Labute approximate surface area is 112 Å². The van der Waals surface area contributed by atoms with E-state index < -0.39 is 5.97 Å². The van der Waals surface area contributed by atoms with Gasteiger partial charge in [-0.3, -0.25) is 4.79 Å². The Morgan fingerprint density at radius 3 is 2.06 bits per heavy atom. The van der Waals surface area contributed by atoms with Gasteiger partial charge in [-0.05, 0) is 25.7 Å². The zero-order chi connectivity index (χ0) is 13.5. The lowest BCUT2D eigenvalue weighted by Gasteiger charge is -1.99. The Kier molecular flexibility index (Phi) is 13.2. The fourth-order valence-corrected chi connectivity index (χ4v) is 1.81. The van der Waals surface area contributed by atoms with Gasteiger partial charge in [-0.1, -0.05) is 63.3 Å². The number of hydrogen-bond acceptors (Lipinski definition) is 1. The third-order valence-electron chi connectivity index (χ3n) is 2.88. The lowest BCUT2D eigenvalue weighted by molar-refractivity contribution is -0.137. The second kappa shape index (κ2) is 14.0. The molecule has 0 spiro atoms. The molecular formula is C16H28O2. The molecule has 0 saturated carbocycles. The first kappa shape index (κ1) is 16.9. The molecule has 0 unspecified atom stereocenters. The van der Waals surface area contributed by atoms with E-state index in [1.54, 1.807) is 0 Å². The van der Waals surface area contributed by atoms with Crippen LogP contribution >= 0.6 is 0 Å². The third-order valence-corrected chi connectivity index (χ3v) is 2.88. The Hall–Kier alpha value is -1.05. The van der Waals surface area contributed by atoms with Crippen LogP contribution in [0.4, 0.5) is 0 Å². The summed E-state index contributed by atoms with van der Waals surface area (Å²) in [5, 5.41) is 8.48. The Balaban J connectivity index is 3.09. The van der Waals surface area contributed by atoms with E-state index in [1.807, 2.05) is 0 Å². The standard InChI is InChI=1S/C16H28O2/c1-2-3-4-5-6-7-8-9-10-11-12-13-14-15-16(17)18/h3-6H,2,7-15H2,1H3,(H,17,18)/b4-3-,6-5-. The van der Waals surface area contributed by atoms with Gasteiger partial charge in [0.2, 0.25) is 0 Å². The van der Waals surface area contributed by atoms with Crippen molar-refractivity contribution in [2.75, 3.05) is 0 Å². The van der Waals surface area contributed by atoms with Crippen molar-refractivity contribution in [1.82, 2.24) is 0 Å². The van der Waals surface area contributed by atoms with Gasteiger partial charge in [0.05, 0.1) is 0 Å². The predicted molar refractivity (Wildman–Crippen MR) is 77.8 cm³/mol. The number of allylic oxidation sites excluding steroid dienone is 4. The molecule has 104 valence electrons.